The first-order chi connectivity index (χ1) is 19.3. The Kier molecular flexibility index (Phi) is 8.29. The van der Waals surface area contributed by atoms with Crippen LogP contribution in [-0.2, 0) is 0 Å². The second-order valence-electron chi connectivity index (χ2n) is 10.8. The lowest BCUT2D eigenvalue weighted by Crippen LogP contribution is -2.15. The molecule has 2 N–H and O–H groups in total. The minimum Gasteiger partial charge on any atom is -0.392 e. The van der Waals surface area contributed by atoms with E-state index in [1.807, 2.05) is 76.2 Å². The third-order valence-electron chi connectivity index (χ3n) is 7.09. The van der Waals surface area contributed by atoms with Crippen LogP contribution in [0.2, 0.25) is 0 Å². The summed E-state index contributed by atoms with van der Waals surface area (Å²) in [6, 6.07) is 24.1. The predicted molar refractivity (Wildman–Crippen MR) is 169 cm³/mol. The van der Waals surface area contributed by atoms with Gasteiger partial charge in [0.1, 0.15) is 0 Å². The van der Waals surface area contributed by atoms with E-state index in [9.17, 15) is 10.2 Å². The number of hydrogen-bond donors (Lipinski definition) is 2. The molecule has 0 aliphatic carbocycles. The molecule has 4 aromatic rings. The van der Waals surface area contributed by atoms with Crippen LogP contribution in [0.4, 0.5) is 22.7 Å². The van der Waals surface area contributed by atoms with Gasteiger partial charge in [0, 0.05) is 59.3 Å². The van der Waals surface area contributed by atoms with E-state index in [-0.39, 0.29) is 0 Å². The van der Waals surface area contributed by atoms with Crippen molar-refractivity contribution in [3.63, 3.8) is 0 Å². The molecular formula is C34H36N4O2. The third-order valence-corrected chi connectivity index (χ3v) is 7.09. The summed E-state index contributed by atoms with van der Waals surface area (Å²) < 4.78 is 0. The number of aliphatic hydroxyl groups excluding tert-OH is 2. The van der Waals surface area contributed by atoms with Crippen molar-refractivity contribution < 1.29 is 10.2 Å². The number of benzene rings is 4. The van der Waals surface area contributed by atoms with Gasteiger partial charge in [0.15, 0.2) is 0 Å². The zero-order chi connectivity index (χ0) is 28.2. The summed E-state index contributed by atoms with van der Waals surface area (Å²) in [7, 11) is 0. The van der Waals surface area contributed by atoms with Crippen molar-refractivity contribution in [3.8, 4) is 0 Å². The summed E-state index contributed by atoms with van der Waals surface area (Å²) in [6.45, 7) is 7.80. The molecule has 0 bridgehead atoms. The number of hydrogen-bond acceptors (Lipinski definition) is 6. The highest BCUT2D eigenvalue weighted by Crippen LogP contribution is 2.36. The van der Waals surface area contributed by atoms with Crippen molar-refractivity contribution in [1.29, 1.82) is 0 Å². The summed E-state index contributed by atoms with van der Waals surface area (Å²) >= 11 is 0. The van der Waals surface area contributed by atoms with E-state index in [0.29, 0.717) is 25.7 Å². The summed E-state index contributed by atoms with van der Waals surface area (Å²) in [5.41, 5.74) is 6.63. The lowest BCUT2D eigenvalue weighted by molar-refractivity contribution is 0.190. The second-order valence-corrected chi connectivity index (χ2v) is 10.8. The molecule has 0 fully saturated rings. The third kappa shape index (κ3) is 6.41. The number of nitrogens with zero attached hydrogens (tertiary/aromatic N) is 4. The van der Waals surface area contributed by atoms with Crippen LogP contribution in [0.15, 0.2) is 92.8 Å². The molecule has 5 rings (SSSR count). The molecule has 0 spiro atoms. The van der Waals surface area contributed by atoms with Crippen molar-refractivity contribution in [2.45, 2.75) is 65.6 Å². The van der Waals surface area contributed by atoms with E-state index >= 15 is 0 Å². The van der Waals surface area contributed by atoms with Gasteiger partial charge in [-0.15, -0.1) is 0 Å². The highest BCUT2D eigenvalue weighted by molar-refractivity contribution is 6.06. The molecule has 1 aliphatic rings. The zero-order valence-electron chi connectivity index (χ0n) is 23.6. The molecule has 0 saturated carbocycles. The van der Waals surface area contributed by atoms with Crippen LogP contribution < -0.4 is 0 Å². The molecule has 0 saturated heterocycles. The lowest BCUT2D eigenvalue weighted by Gasteiger charge is -2.14. The fraction of sp³-hybridized carbons (Fsp3) is 0.294. The maximum atomic E-state index is 11.0. The van der Waals surface area contributed by atoms with Gasteiger partial charge in [-0.25, -0.2) is 0 Å². The Labute approximate surface area is 235 Å². The van der Waals surface area contributed by atoms with Crippen LogP contribution in [0, 0.1) is 0 Å². The van der Waals surface area contributed by atoms with Gasteiger partial charge in [0.25, 0.3) is 0 Å². The van der Waals surface area contributed by atoms with Crippen molar-refractivity contribution in [2.24, 2.45) is 20.0 Å². The summed E-state index contributed by atoms with van der Waals surface area (Å²) in [4.78, 5) is 19.7. The average molecular weight is 533 g/mol. The second kappa shape index (κ2) is 12.0. The van der Waals surface area contributed by atoms with Gasteiger partial charge in [0.2, 0.25) is 0 Å². The molecule has 204 valence electrons. The van der Waals surface area contributed by atoms with Crippen molar-refractivity contribution in [2.75, 3.05) is 0 Å². The van der Waals surface area contributed by atoms with E-state index in [2.05, 4.69) is 24.3 Å². The highest BCUT2D eigenvalue weighted by Gasteiger charge is 2.14. The number of rotatable bonds is 0. The average Bonchev–Trinajstić information content (AvgIpc) is 2.88. The minimum atomic E-state index is -0.607. The van der Waals surface area contributed by atoms with E-state index in [0.717, 1.165) is 67.1 Å². The molecule has 0 atom stereocenters. The molecule has 40 heavy (non-hydrogen) atoms. The molecule has 1 aliphatic heterocycles. The highest BCUT2D eigenvalue weighted by atomic mass is 16.3. The first-order valence-electron chi connectivity index (χ1n) is 13.8. The largest absolute Gasteiger partial charge is 0.392 e. The molecule has 1 heterocycles. The van der Waals surface area contributed by atoms with Crippen molar-refractivity contribution in [1.82, 2.24) is 0 Å². The fourth-order valence-corrected chi connectivity index (χ4v) is 5.49. The quantitative estimate of drug-likeness (QED) is 0.238. The van der Waals surface area contributed by atoms with Gasteiger partial charge in [-0.3, -0.25) is 20.0 Å². The molecular weight excluding hydrogens is 496 g/mol. The van der Waals surface area contributed by atoms with Crippen LogP contribution in [0.5, 0.6) is 0 Å². The molecule has 6 nitrogen and oxygen atoms in total. The SMILES string of the molecule is CC1=Nc2cccc3cccc(c23)N=C(C)CC(O)CC(C)=Nc2cccc3cccc(c23)N=C(C)CC(O)C1. The fourth-order valence-electron chi connectivity index (χ4n) is 5.49. The zero-order valence-corrected chi connectivity index (χ0v) is 23.6. The maximum absolute atomic E-state index is 11.0. The Hall–Kier alpha value is -4.00. The Morgan fingerprint density at radius 3 is 0.950 bits per heavy atom. The summed E-state index contributed by atoms with van der Waals surface area (Å²) in [5, 5.41) is 25.9. The Morgan fingerprint density at radius 1 is 0.450 bits per heavy atom. The van der Waals surface area contributed by atoms with E-state index < -0.39 is 12.2 Å². The van der Waals surface area contributed by atoms with E-state index in [1.54, 1.807) is 0 Å². The van der Waals surface area contributed by atoms with Gasteiger partial charge in [-0.2, -0.15) is 0 Å². The van der Waals surface area contributed by atoms with Crippen LogP contribution >= 0.6 is 0 Å². The van der Waals surface area contributed by atoms with Gasteiger partial charge in [-0.05, 0) is 62.7 Å². The number of aliphatic imine (C=N–C) groups is 4. The van der Waals surface area contributed by atoms with Gasteiger partial charge in [0.05, 0.1) is 35.0 Å². The summed E-state index contributed by atoms with van der Waals surface area (Å²) in [5.74, 6) is 0. The summed E-state index contributed by atoms with van der Waals surface area (Å²) in [6.07, 6.45) is 0.524. The van der Waals surface area contributed by atoms with Gasteiger partial charge >= 0.3 is 0 Å². The Morgan fingerprint density at radius 2 is 0.700 bits per heavy atom. The lowest BCUT2D eigenvalue weighted by atomic mass is 10.0. The van der Waals surface area contributed by atoms with E-state index in [1.165, 1.54) is 0 Å². The van der Waals surface area contributed by atoms with Crippen LogP contribution in [0.1, 0.15) is 53.4 Å². The topological polar surface area (TPSA) is 89.9 Å². The van der Waals surface area contributed by atoms with Gasteiger partial charge < -0.3 is 10.2 Å². The molecule has 0 amide bonds. The van der Waals surface area contributed by atoms with Crippen LogP contribution in [-0.4, -0.2) is 45.3 Å². The smallest absolute Gasteiger partial charge is 0.0729 e. The van der Waals surface area contributed by atoms with Crippen molar-refractivity contribution >= 4 is 67.1 Å². The molecule has 6 heteroatoms. The molecule has 0 radical (unpaired) electrons. The van der Waals surface area contributed by atoms with Gasteiger partial charge in [-0.1, -0.05) is 48.5 Å². The predicted octanol–water partition coefficient (Wildman–Crippen LogP) is 8.36. The number of aliphatic hydroxyl groups is 2. The molecule has 4 aromatic carbocycles. The first kappa shape index (κ1) is 27.6. The standard InChI is InChI=1S/C34H36N4O2/c1-21-17-27(39)18-22(2)36-31-15-7-11-26-12-8-16-32(34(26)31)38-24(4)20-28(40)19-23(3)37-30-14-6-10-25-9-5-13-29(35-21)33(25)30/h5-16,27-28,39-40H,17-20H2,1-4H3. The first-order valence-corrected chi connectivity index (χ1v) is 13.8. The minimum absolute atomic E-state index is 0.435. The van der Waals surface area contributed by atoms with Crippen LogP contribution in [0.25, 0.3) is 21.5 Å². The maximum Gasteiger partial charge on any atom is 0.0729 e. The molecule has 0 unspecified atom stereocenters. The molecule has 0 aromatic heterocycles. The van der Waals surface area contributed by atoms with Crippen LogP contribution in [0.3, 0.4) is 0 Å². The van der Waals surface area contributed by atoms with E-state index in [4.69, 9.17) is 20.0 Å². The van der Waals surface area contributed by atoms with Crippen molar-refractivity contribution in [3.05, 3.63) is 72.8 Å². The Balaban J connectivity index is 1.61. The Bertz CT molecular complexity index is 1440. The monoisotopic (exact) mass is 532 g/mol. The normalized spacial score (nSPS) is 19.4.